The van der Waals surface area contributed by atoms with Crippen molar-refractivity contribution in [2.75, 3.05) is 17.7 Å². The van der Waals surface area contributed by atoms with Gasteiger partial charge in [0.1, 0.15) is 17.2 Å². The van der Waals surface area contributed by atoms with Crippen molar-refractivity contribution < 1.29 is 14.3 Å². The molecular weight excluding hydrogens is 366 g/mol. The average molecular weight is 391 g/mol. The Morgan fingerprint density at radius 2 is 1.66 bits per heavy atom. The number of nitrogens with one attached hydrogen (secondary N) is 2. The van der Waals surface area contributed by atoms with Gasteiger partial charge in [-0.15, -0.1) is 0 Å². The lowest BCUT2D eigenvalue weighted by Crippen LogP contribution is -2.14. The number of anilines is 2. The van der Waals surface area contributed by atoms with Crippen molar-refractivity contribution in [2.24, 2.45) is 0 Å². The fourth-order valence-electron chi connectivity index (χ4n) is 2.70. The Kier molecular flexibility index (Phi) is 6.68. The number of hydrogen-bond acceptors (Lipinski definition) is 5. The van der Waals surface area contributed by atoms with Crippen LogP contribution < -0.4 is 20.1 Å². The normalized spacial score (nSPS) is 10.5. The van der Waals surface area contributed by atoms with Gasteiger partial charge in [0, 0.05) is 24.1 Å². The molecular formula is C23H25N3O3. The zero-order chi connectivity index (χ0) is 20.6. The molecule has 0 saturated heterocycles. The Labute approximate surface area is 170 Å². The number of methoxy groups -OCH3 is 1. The van der Waals surface area contributed by atoms with Gasteiger partial charge in [-0.3, -0.25) is 9.78 Å². The van der Waals surface area contributed by atoms with Crippen molar-refractivity contribution in [1.29, 1.82) is 0 Å². The molecule has 1 aromatic heterocycles. The molecule has 0 aliphatic carbocycles. The van der Waals surface area contributed by atoms with Gasteiger partial charge in [-0.1, -0.05) is 12.1 Å². The topological polar surface area (TPSA) is 72.5 Å². The van der Waals surface area contributed by atoms with Crippen molar-refractivity contribution in [3.63, 3.8) is 0 Å². The van der Waals surface area contributed by atoms with Crippen molar-refractivity contribution in [2.45, 2.75) is 26.5 Å². The van der Waals surface area contributed by atoms with Gasteiger partial charge >= 0.3 is 0 Å². The first-order chi connectivity index (χ1) is 14.0. The van der Waals surface area contributed by atoms with E-state index in [1.165, 1.54) is 0 Å². The van der Waals surface area contributed by atoms with Crippen LogP contribution in [0, 0.1) is 0 Å². The first-order valence-electron chi connectivity index (χ1n) is 9.44. The number of hydrogen-bond donors (Lipinski definition) is 2. The predicted molar refractivity (Wildman–Crippen MR) is 115 cm³/mol. The molecule has 0 unspecified atom stereocenters. The van der Waals surface area contributed by atoms with Gasteiger partial charge in [0.2, 0.25) is 0 Å². The van der Waals surface area contributed by atoms with Gasteiger partial charge in [-0.2, -0.15) is 0 Å². The quantitative estimate of drug-likeness (QED) is 0.580. The number of ether oxygens (including phenoxy) is 2. The van der Waals surface area contributed by atoms with Gasteiger partial charge in [-0.25, -0.2) is 0 Å². The number of benzene rings is 2. The van der Waals surface area contributed by atoms with Crippen LogP contribution in [-0.2, 0) is 6.54 Å². The molecule has 3 aromatic rings. The van der Waals surface area contributed by atoms with E-state index in [0.717, 1.165) is 22.7 Å². The monoisotopic (exact) mass is 391 g/mol. The summed E-state index contributed by atoms with van der Waals surface area (Å²) in [4.78, 5) is 16.7. The lowest BCUT2D eigenvalue weighted by atomic mass is 10.2. The fourth-order valence-corrected chi connectivity index (χ4v) is 2.70. The number of rotatable bonds is 8. The second-order valence-corrected chi connectivity index (χ2v) is 6.78. The van der Waals surface area contributed by atoms with Crippen LogP contribution in [0.25, 0.3) is 0 Å². The highest BCUT2D eigenvalue weighted by Gasteiger charge is 2.09. The number of nitrogens with zero attached hydrogens (tertiary/aromatic N) is 1. The highest BCUT2D eigenvalue weighted by molar-refractivity contribution is 6.03. The molecule has 0 fully saturated rings. The zero-order valence-electron chi connectivity index (χ0n) is 16.8. The molecule has 0 aliphatic rings. The van der Waals surface area contributed by atoms with Crippen LogP contribution in [0.5, 0.6) is 11.5 Å². The number of pyridine rings is 1. The standard InChI is InChI=1S/C23H25N3O3/c1-16(2)29-21-10-6-18(7-11-21)26-23(27)22-14-19(12-13-24-22)25-15-17-4-8-20(28-3)9-5-17/h4-14,16H,15H2,1-3H3,(H,24,25)(H,26,27). The molecule has 0 radical (unpaired) electrons. The molecule has 0 saturated carbocycles. The van der Waals surface area contributed by atoms with E-state index in [0.29, 0.717) is 17.9 Å². The molecule has 1 heterocycles. The zero-order valence-corrected chi connectivity index (χ0v) is 16.8. The average Bonchev–Trinajstić information content (AvgIpc) is 2.74. The van der Waals surface area contributed by atoms with E-state index < -0.39 is 0 Å². The minimum atomic E-state index is -0.268. The van der Waals surface area contributed by atoms with E-state index >= 15 is 0 Å². The Balaban J connectivity index is 1.59. The van der Waals surface area contributed by atoms with Crippen molar-refractivity contribution >= 4 is 17.3 Å². The number of carbonyl (C=O) groups is 1. The van der Waals surface area contributed by atoms with E-state index in [-0.39, 0.29) is 12.0 Å². The highest BCUT2D eigenvalue weighted by Crippen LogP contribution is 2.18. The minimum Gasteiger partial charge on any atom is -0.497 e. The molecule has 0 aliphatic heterocycles. The van der Waals surface area contributed by atoms with E-state index in [2.05, 4.69) is 15.6 Å². The number of carbonyl (C=O) groups excluding carboxylic acids is 1. The van der Waals surface area contributed by atoms with Crippen LogP contribution in [0.1, 0.15) is 29.9 Å². The van der Waals surface area contributed by atoms with Gasteiger partial charge in [0.05, 0.1) is 13.2 Å². The summed E-state index contributed by atoms with van der Waals surface area (Å²) in [6, 6.07) is 18.7. The number of amides is 1. The molecule has 2 N–H and O–H groups in total. The Hall–Kier alpha value is -3.54. The summed E-state index contributed by atoms with van der Waals surface area (Å²) in [5.41, 5.74) is 2.95. The number of aromatic nitrogens is 1. The van der Waals surface area contributed by atoms with Crippen molar-refractivity contribution in [1.82, 2.24) is 4.98 Å². The third-order valence-corrected chi connectivity index (χ3v) is 4.13. The summed E-state index contributed by atoms with van der Waals surface area (Å²) in [6.07, 6.45) is 1.72. The summed E-state index contributed by atoms with van der Waals surface area (Å²) >= 11 is 0. The van der Waals surface area contributed by atoms with Gasteiger partial charge in [-0.05, 0) is 67.9 Å². The third-order valence-electron chi connectivity index (χ3n) is 4.13. The van der Waals surface area contributed by atoms with E-state index in [9.17, 15) is 4.79 Å². The lowest BCUT2D eigenvalue weighted by Gasteiger charge is -2.11. The molecule has 1 amide bonds. The van der Waals surface area contributed by atoms with Crippen LogP contribution in [0.15, 0.2) is 66.9 Å². The third kappa shape index (κ3) is 5.97. The Morgan fingerprint density at radius 1 is 0.966 bits per heavy atom. The largest absolute Gasteiger partial charge is 0.497 e. The summed E-state index contributed by atoms with van der Waals surface area (Å²) in [7, 11) is 1.64. The first-order valence-corrected chi connectivity index (χ1v) is 9.44. The highest BCUT2D eigenvalue weighted by atomic mass is 16.5. The lowest BCUT2D eigenvalue weighted by molar-refractivity contribution is 0.102. The Morgan fingerprint density at radius 3 is 2.31 bits per heavy atom. The Bertz CT molecular complexity index is 938. The predicted octanol–water partition coefficient (Wildman–Crippen LogP) is 4.74. The molecule has 2 aromatic carbocycles. The summed E-state index contributed by atoms with van der Waals surface area (Å²) in [5.74, 6) is 1.32. The maximum Gasteiger partial charge on any atom is 0.274 e. The van der Waals surface area contributed by atoms with Gasteiger partial charge < -0.3 is 20.1 Å². The maximum absolute atomic E-state index is 12.5. The van der Waals surface area contributed by atoms with Crippen LogP contribution in [0.2, 0.25) is 0 Å². The van der Waals surface area contributed by atoms with Gasteiger partial charge in [0.25, 0.3) is 5.91 Å². The second-order valence-electron chi connectivity index (χ2n) is 6.78. The van der Waals surface area contributed by atoms with Crippen LogP contribution in [0.3, 0.4) is 0 Å². The van der Waals surface area contributed by atoms with E-state index in [1.807, 2.05) is 56.3 Å². The van der Waals surface area contributed by atoms with Gasteiger partial charge in [0.15, 0.2) is 0 Å². The van der Waals surface area contributed by atoms with Crippen molar-refractivity contribution in [3.05, 3.63) is 78.1 Å². The summed E-state index contributed by atoms with van der Waals surface area (Å²) in [6.45, 7) is 4.57. The van der Waals surface area contributed by atoms with Crippen LogP contribution in [-0.4, -0.2) is 24.1 Å². The summed E-state index contributed by atoms with van der Waals surface area (Å²) < 4.78 is 10.8. The smallest absolute Gasteiger partial charge is 0.274 e. The first kappa shape index (κ1) is 20.2. The van der Waals surface area contributed by atoms with E-state index in [4.69, 9.17) is 9.47 Å². The molecule has 6 heteroatoms. The minimum absolute atomic E-state index is 0.104. The molecule has 0 bridgehead atoms. The molecule has 6 nitrogen and oxygen atoms in total. The molecule has 150 valence electrons. The fraction of sp³-hybridized carbons (Fsp3) is 0.217. The SMILES string of the molecule is COc1ccc(CNc2ccnc(C(=O)Nc3ccc(OC(C)C)cc3)c2)cc1. The second kappa shape index (κ2) is 9.59. The molecule has 29 heavy (non-hydrogen) atoms. The van der Waals surface area contributed by atoms with Crippen molar-refractivity contribution in [3.8, 4) is 11.5 Å². The van der Waals surface area contributed by atoms with Crippen LogP contribution in [0.4, 0.5) is 11.4 Å². The molecule has 0 spiro atoms. The van der Waals surface area contributed by atoms with Crippen LogP contribution >= 0.6 is 0 Å². The molecule has 0 atom stereocenters. The maximum atomic E-state index is 12.5. The summed E-state index contributed by atoms with van der Waals surface area (Å²) in [5, 5.41) is 6.16. The molecule has 3 rings (SSSR count). The van der Waals surface area contributed by atoms with E-state index in [1.54, 1.807) is 31.5 Å².